The third-order valence-corrected chi connectivity index (χ3v) is 6.26. The molecule has 6 nitrogen and oxygen atoms in total. The van der Waals surface area contributed by atoms with Crippen LogP contribution in [0, 0.1) is 12.7 Å². The molecule has 1 saturated heterocycles. The van der Waals surface area contributed by atoms with Crippen molar-refractivity contribution >= 4 is 28.0 Å². The number of halogens is 4. The Morgan fingerprint density at radius 2 is 1.97 bits per heavy atom. The highest BCUT2D eigenvalue weighted by molar-refractivity contribution is 5.95. The molecule has 0 spiro atoms. The third-order valence-electron chi connectivity index (χ3n) is 6.26. The van der Waals surface area contributed by atoms with E-state index in [0.717, 1.165) is 41.2 Å². The molecule has 4 rings (SSSR count). The molecule has 2 aromatic carbocycles. The molecule has 3 aromatic rings. The maximum absolute atomic E-state index is 14.0. The molecule has 0 saturated carbocycles. The van der Waals surface area contributed by atoms with Gasteiger partial charge in [0, 0.05) is 23.0 Å². The Morgan fingerprint density at radius 1 is 1.21 bits per heavy atom. The molecular formula is C24H27F4N5O. The normalized spacial score (nSPS) is 17.7. The summed E-state index contributed by atoms with van der Waals surface area (Å²) in [6.07, 6.45) is -3.92. The molecule has 1 aromatic heterocycles. The van der Waals surface area contributed by atoms with Crippen LogP contribution in [-0.4, -0.2) is 36.0 Å². The van der Waals surface area contributed by atoms with Crippen LogP contribution in [-0.2, 0) is 10.9 Å². The number of ether oxygens (including phenoxy) is 1. The van der Waals surface area contributed by atoms with Gasteiger partial charge in [-0.1, -0.05) is 13.0 Å². The number of nitrogen functional groups attached to an aromatic ring is 1. The van der Waals surface area contributed by atoms with Crippen LogP contribution in [0.2, 0.25) is 0 Å². The van der Waals surface area contributed by atoms with Gasteiger partial charge in [-0.05, 0) is 50.1 Å². The summed E-state index contributed by atoms with van der Waals surface area (Å²) in [5.74, 6) is -1.04. The lowest BCUT2D eigenvalue weighted by molar-refractivity contribution is -0.139. The summed E-state index contributed by atoms with van der Waals surface area (Å²) in [6, 6.07) is 7.62. The van der Waals surface area contributed by atoms with E-state index in [-0.39, 0.29) is 11.6 Å². The first kappa shape index (κ1) is 24.0. The van der Waals surface area contributed by atoms with Crippen LogP contribution >= 0.6 is 0 Å². The summed E-state index contributed by atoms with van der Waals surface area (Å²) in [4.78, 5) is 2.29. The monoisotopic (exact) mass is 477 g/mol. The summed E-state index contributed by atoms with van der Waals surface area (Å²) >= 11 is 0. The lowest BCUT2D eigenvalue weighted by Crippen LogP contribution is -2.45. The minimum Gasteiger partial charge on any atom is -0.396 e. The quantitative estimate of drug-likeness (QED) is 0.375. The van der Waals surface area contributed by atoms with Crippen molar-refractivity contribution < 1.29 is 22.3 Å². The van der Waals surface area contributed by atoms with Crippen LogP contribution < -0.4 is 16.0 Å². The van der Waals surface area contributed by atoms with Crippen LogP contribution in [0.3, 0.4) is 0 Å². The molecule has 0 unspecified atom stereocenters. The van der Waals surface area contributed by atoms with Crippen molar-refractivity contribution in [1.82, 2.24) is 10.2 Å². The fraction of sp³-hybridized carbons (Fsp3) is 0.417. The SMILES string of the molecule is CC[C@@H]1COCCN1c1ccc2c(C)nnc(N[C@H](C)c3cc(N)c(F)c(C(F)(F)F)c3)c2c1. The Bertz CT molecular complexity index is 1200. The van der Waals surface area contributed by atoms with Crippen molar-refractivity contribution in [2.75, 3.05) is 35.7 Å². The second kappa shape index (κ2) is 9.25. The van der Waals surface area contributed by atoms with Gasteiger partial charge in [-0.3, -0.25) is 0 Å². The Hall–Kier alpha value is -3.14. The first-order valence-corrected chi connectivity index (χ1v) is 11.1. The number of hydrogen-bond donors (Lipinski definition) is 2. The molecule has 2 atom stereocenters. The molecule has 3 N–H and O–H groups in total. The van der Waals surface area contributed by atoms with Gasteiger partial charge in [-0.15, -0.1) is 5.10 Å². The van der Waals surface area contributed by atoms with Crippen LogP contribution in [0.25, 0.3) is 10.8 Å². The molecule has 1 fully saturated rings. The zero-order valence-corrected chi connectivity index (χ0v) is 19.2. The number of fused-ring (bicyclic) bond motifs is 1. The summed E-state index contributed by atoms with van der Waals surface area (Å²) in [5.41, 5.74) is 5.53. The number of hydrogen-bond acceptors (Lipinski definition) is 6. The zero-order chi connectivity index (χ0) is 24.6. The van der Waals surface area contributed by atoms with Crippen molar-refractivity contribution in [3.8, 4) is 0 Å². The molecule has 182 valence electrons. The summed E-state index contributed by atoms with van der Waals surface area (Å²) in [6.45, 7) is 7.67. The molecule has 0 bridgehead atoms. The van der Waals surface area contributed by atoms with E-state index in [4.69, 9.17) is 10.5 Å². The Kier molecular flexibility index (Phi) is 6.53. The number of aromatic nitrogens is 2. The first-order valence-electron chi connectivity index (χ1n) is 11.1. The smallest absolute Gasteiger partial charge is 0.396 e. The highest BCUT2D eigenvalue weighted by Crippen LogP contribution is 2.37. The number of nitrogens with two attached hydrogens (primary N) is 1. The minimum absolute atomic E-state index is 0.192. The molecular weight excluding hydrogens is 450 g/mol. The van der Waals surface area contributed by atoms with E-state index < -0.39 is 29.3 Å². The average molecular weight is 478 g/mol. The van der Waals surface area contributed by atoms with Gasteiger partial charge in [0.1, 0.15) is 0 Å². The topological polar surface area (TPSA) is 76.3 Å². The van der Waals surface area contributed by atoms with E-state index in [1.54, 1.807) is 6.92 Å². The fourth-order valence-corrected chi connectivity index (χ4v) is 4.31. The number of nitrogens with one attached hydrogen (secondary N) is 1. The Balaban J connectivity index is 1.72. The summed E-state index contributed by atoms with van der Waals surface area (Å²) in [5, 5.41) is 13.3. The number of anilines is 3. The highest BCUT2D eigenvalue weighted by Gasteiger charge is 2.36. The largest absolute Gasteiger partial charge is 0.419 e. The van der Waals surface area contributed by atoms with E-state index in [1.807, 2.05) is 25.1 Å². The fourth-order valence-electron chi connectivity index (χ4n) is 4.31. The lowest BCUT2D eigenvalue weighted by Gasteiger charge is -2.37. The average Bonchev–Trinajstić information content (AvgIpc) is 2.81. The molecule has 10 heteroatoms. The van der Waals surface area contributed by atoms with Crippen molar-refractivity contribution in [2.24, 2.45) is 0 Å². The maximum Gasteiger partial charge on any atom is 0.419 e. The van der Waals surface area contributed by atoms with Crippen LogP contribution in [0.1, 0.15) is 43.1 Å². The molecule has 1 aliphatic rings. The lowest BCUT2D eigenvalue weighted by atomic mass is 10.0. The van der Waals surface area contributed by atoms with E-state index in [9.17, 15) is 17.6 Å². The first-order chi connectivity index (χ1) is 16.1. The van der Waals surface area contributed by atoms with Gasteiger partial charge in [0.25, 0.3) is 0 Å². The standard InChI is InChI=1S/C24H27F4N5O/c1-4-16-12-34-8-7-33(16)17-5-6-18-14(3)31-32-23(19(18)11-17)30-13(2)15-9-20(24(26,27)28)22(25)21(29)10-15/h5-6,9-11,13,16H,4,7-8,12,29H2,1-3H3,(H,30,32)/t13-,16-/m1/s1. The van der Waals surface area contributed by atoms with Crippen molar-refractivity contribution in [3.63, 3.8) is 0 Å². The molecule has 2 heterocycles. The van der Waals surface area contributed by atoms with E-state index in [0.29, 0.717) is 19.0 Å². The maximum atomic E-state index is 14.0. The van der Waals surface area contributed by atoms with Crippen molar-refractivity contribution in [1.29, 1.82) is 0 Å². The van der Waals surface area contributed by atoms with Crippen molar-refractivity contribution in [3.05, 3.63) is 53.0 Å². The zero-order valence-electron chi connectivity index (χ0n) is 19.2. The van der Waals surface area contributed by atoms with Gasteiger partial charge >= 0.3 is 6.18 Å². The number of nitrogens with zero attached hydrogens (tertiary/aromatic N) is 3. The predicted molar refractivity (Wildman–Crippen MR) is 124 cm³/mol. The predicted octanol–water partition coefficient (Wildman–Crippen LogP) is 5.47. The van der Waals surface area contributed by atoms with Gasteiger partial charge in [0.2, 0.25) is 0 Å². The minimum atomic E-state index is -4.85. The Morgan fingerprint density at radius 3 is 2.68 bits per heavy atom. The number of morpholine rings is 1. The number of alkyl halides is 3. The summed E-state index contributed by atoms with van der Waals surface area (Å²) < 4.78 is 59.5. The Labute approximate surface area is 195 Å². The molecule has 0 amide bonds. The van der Waals surface area contributed by atoms with Crippen molar-refractivity contribution in [2.45, 2.75) is 45.5 Å². The van der Waals surface area contributed by atoms with Crippen LogP contribution in [0.4, 0.5) is 34.8 Å². The second-order valence-corrected chi connectivity index (χ2v) is 8.53. The van der Waals surface area contributed by atoms with Gasteiger partial charge in [0.05, 0.1) is 42.2 Å². The second-order valence-electron chi connectivity index (χ2n) is 8.53. The molecule has 34 heavy (non-hydrogen) atoms. The highest BCUT2D eigenvalue weighted by atomic mass is 19.4. The molecule has 0 radical (unpaired) electrons. The van der Waals surface area contributed by atoms with Crippen LogP contribution in [0.5, 0.6) is 0 Å². The summed E-state index contributed by atoms with van der Waals surface area (Å²) in [7, 11) is 0. The number of aryl methyl sites for hydroxylation is 1. The van der Waals surface area contributed by atoms with Gasteiger partial charge in [0.15, 0.2) is 11.6 Å². The van der Waals surface area contributed by atoms with E-state index in [1.165, 1.54) is 6.07 Å². The number of benzene rings is 2. The van der Waals surface area contributed by atoms with Gasteiger partial charge in [-0.25, -0.2) is 4.39 Å². The third kappa shape index (κ3) is 4.59. The molecule has 0 aliphatic carbocycles. The molecule has 1 aliphatic heterocycles. The van der Waals surface area contributed by atoms with Gasteiger partial charge in [-0.2, -0.15) is 18.3 Å². The van der Waals surface area contributed by atoms with Crippen LogP contribution in [0.15, 0.2) is 30.3 Å². The van der Waals surface area contributed by atoms with Gasteiger partial charge < -0.3 is 20.7 Å². The van der Waals surface area contributed by atoms with E-state index in [2.05, 4.69) is 27.3 Å². The van der Waals surface area contributed by atoms with E-state index >= 15 is 0 Å². The number of rotatable bonds is 5.